The maximum atomic E-state index is 11.6. The van der Waals surface area contributed by atoms with Gasteiger partial charge in [0, 0.05) is 39.4 Å². The van der Waals surface area contributed by atoms with Crippen molar-refractivity contribution in [2.24, 2.45) is 0 Å². The predicted octanol–water partition coefficient (Wildman–Crippen LogP) is -0.847. The fourth-order valence-corrected chi connectivity index (χ4v) is 3.01. The molecule has 2 N–H and O–H groups in total. The van der Waals surface area contributed by atoms with Gasteiger partial charge in [0.25, 0.3) is 0 Å². The van der Waals surface area contributed by atoms with Crippen LogP contribution in [0, 0.1) is 0 Å². The molecule has 0 bridgehead atoms. The Morgan fingerprint density at radius 1 is 1.35 bits per heavy atom. The highest BCUT2D eigenvalue weighted by Gasteiger charge is 2.24. The lowest BCUT2D eigenvalue weighted by Crippen LogP contribution is -2.47. The largest absolute Gasteiger partial charge is 0.385 e. The Labute approximate surface area is 121 Å². The van der Waals surface area contributed by atoms with Crippen LogP contribution in [-0.4, -0.2) is 70.8 Å². The molecule has 1 aliphatic rings. The molecule has 1 rings (SSSR count). The van der Waals surface area contributed by atoms with Crippen LogP contribution in [0.5, 0.6) is 0 Å². The SMILES string of the molecule is COCCCNC(=O)CNC1CCN(S(C)(=O)=O)CC1. The number of nitrogens with zero attached hydrogens (tertiary/aromatic N) is 1. The van der Waals surface area contributed by atoms with E-state index < -0.39 is 10.0 Å². The fraction of sp³-hybridized carbons (Fsp3) is 0.917. The van der Waals surface area contributed by atoms with Crippen LogP contribution in [-0.2, 0) is 19.6 Å². The molecule has 1 aliphatic heterocycles. The van der Waals surface area contributed by atoms with Gasteiger partial charge in [-0.25, -0.2) is 12.7 Å². The summed E-state index contributed by atoms with van der Waals surface area (Å²) in [5.41, 5.74) is 0. The molecular weight excluding hydrogens is 282 g/mol. The second kappa shape index (κ2) is 8.56. The fourth-order valence-electron chi connectivity index (χ4n) is 2.14. The van der Waals surface area contributed by atoms with Crippen LogP contribution in [0.3, 0.4) is 0 Å². The molecule has 0 spiro atoms. The van der Waals surface area contributed by atoms with Gasteiger partial charge in [-0.2, -0.15) is 0 Å². The highest BCUT2D eigenvalue weighted by atomic mass is 32.2. The summed E-state index contributed by atoms with van der Waals surface area (Å²) in [7, 11) is -1.45. The Balaban J connectivity index is 2.13. The van der Waals surface area contributed by atoms with Gasteiger partial charge >= 0.3 is 0 Å². The summed E-state index contributed by atoms with van der Waals surface area (Å²) in [5.74, 6) is -0.0355. The van der Waals surface area contributed by atoms with Crippen LogP contribution < -0.4 is 10.6 Å². The minimum Gasteiger partial charge on any atom is -0.385 e. The lowest BCUT2D eigenvalue weighted by molar-refractivity contribution is -0.120. The minimum absolute atomic E-state index is 0.0355. The third-order valence-electron chi connectivity index (χ3n) is 3.32. The van der Waals surface area contributed by atoms with Crippen molar-refractivity contribution >= 4 is 15.9 Å². The molecule has 0 unspecified atom stereocenters. The number of rotatable bonds is 8. The van der Waals surface area contributed by atoms with E-state index in [0.29, 0.717) is 26.2 Å². The third-order valence-corrected chi connectivity index (χ3v) is 4.62. The van der Waals surface area contributed by atoms with Crippen molar-refractivity contribution in [3.63, 3.8) is 0 Å². The van der Waals surface area contributed by atoms with Crippen LogP contribution in [0.25, 0.3) is 0 Å². The van der Waals surface area contributed by atoms with E-state index in [2.05, 4.69) is 10.6 Å². The summed E-state index contributed by atoms with van der Waals surface area (Å²) < 4.78 is 29.1. The summed E-state index contributed by atoms with van der Waals surface area (Å²) >= 11 is 0. The van der Waals surface area contributed by atoms with Crippen molar-refractivity contribution in [1.29, 1.82) is 0 Å². The zero-order valence-electron chi connectivity index (χ0n) is 12.2. The van der Waals surface area contributed by atoms with Gasteiger partial charge in [-0.15, -0.1) is 0 Å². The zero-order chi connectivity index (χ0) is 15.0. The molecule has 0 aromatic carbocycles. The van der Waals surface area contributed by atoms with Gasteiger partial charge in [0.05, 0.1) is 12.8 Å². The second-order valence-corrected chi connectivity index (χ2v) is 7.00. The Kier molecular flexibility index (Phi) is 7.42. The molecule has 7 nitrogen and oxygen atoms in total. The van der Waals surface area contributed by atoms with Crippen LogP contribution in [0.2, 0.25) is 0 Å². The van der Waals surface area contributed by atoms with E-state index in [4.69, 9.17) is 4.74 Å². The molecule has 8 heteroatoms. The normalized spacial score (nSPS) is 18.1. The van der Waals surface area contributed by atoms with Gasteiger partial charge < -0.3 is 15.4 Å². The summed E-state index contributed by atoms with van der Waals surface area (Å²) in [5, 5.41) is 5.97. The van der Waals surface area contributed by atoms with Gasteiger partial charge in [0.1, 0.15) is 0 Å². The average molecular weight is 307 g/mol. The van der Waals surface area contributed by atoms with E-state index in [0.717, 1.165) is 19.3 Å². The Morgan fingerprint density at radius 3 is 2.55 bits per heavy atom. The zero-order valence-corrected chi connectivity index (χ0v) is 13.0. The summed E-state index contributed by atoms with van der Waals surface area (Å²) in [4.78, 5) is 11.6. The van der Waals surface area contributed by atoms with Crippen molar-refractivity contribution in [3.05, 3.63) is 0 Å². The van der Waals surface area contributed by atoms with E-state index >= 15 is 0 Å². The van der Waals surface area contributed by atoms with E-state index in [1.807, 2.05) is 0 Å². The van der Waals surface area contributed by atoms with Gasteiger partial charge in [0.2, 0.25) is 15.9 Å². The van der Waals surface area contributed by atoms with Crippen molar-refractivity contribution in [2.75, 3.05) is 46.2 Å². The first kappa shape index (κ1) is 17.4. The van der Waals surface area contributed by atoms with Gasteiger partial charge in [0.15, 0.2) is 0 Å². The lowest BCUT2D eigenvalue weighted by atomic mass is 10.1. The average Bonchev–Trinajstić information content (AvgIpc) is 2.41. The van der Waals surface area contributed by atoms with Gasteiger partial charge in [-0.1, -0.05) is 0 Å². The standard InChI is InChI=1S/C12H25N3O4S/c1-19-9-3-6-13-12(16)10-14-11-4-7-15(8-5-11)20(2,17)18/h11,14H,3-10H2,1-2H3,(H,13,16). The quantitative estimate of drug-likeness (QED) is 0.571. The molecule has 0 saturated carbocycles. The number of ether oxygens (including phenoxy) is 1. The van der Waals surface area contributed by atoms with Crippen molar-refractivity contribution in [2.45, 2.75) is 25.3 Å². The van der Waals surface area contributed by atoms with Crippen LogP contribution in [0.1, 0.15) is 19.3 Å². The van der Waals surface area contributed by atoms with E-state index in [-0.39, 0.29) is 18.5 Å². The molecule has 0 radical (unpaired) electrons. The number of nitrogens with one attached hydrogen (secondary N) is 2. The predicted molar refractivity (Wildman–Crippen MR) is 76.9 cm³/mol. The van der Waals surface area contributed by atoms with E-state index in [1.165, 1.54) is 10.6 Å². The number of sulfonamides is 1. The Hall–Kier alpha value is -0.700. The van der Waals surface area contributed by atoms with Crippen LogP contribution in [0.4, 0.5) is 0 Å². The van der Waals surface area contributed by atoms with Gasteiger partial charge in [-0.05, 0) is 19.3 Å². The maximum Gasteiger partial charge on any atom is 0.233 e. The monoisotopic (exact) mass is 307 g/mol. The van der Waals surface area contributed by atoms with Gasteiger partial charge in [-0.3, -0.25) is 4.79 Å². The number of methoxy groups -OCH3 is 1. The Bertz CT molecular complexity index is 392. The highest BCUT2D eigenvalue weighted by molar-refractivity contribution is 7.88. The summed E-state index contributed by atoms with van der Waals surface area (Å²) in [6.07, 6.45) is 3.51. The maximum absolute atomic E-state index is 11.6. The molecule has 0 aromatic heterocycles. The molecule has 20 heavy (non-hydrogen) atoms. The molecule has 1 amide bonds. The Morgan fingerprint density at radius 2 is 2.00 bits per heavy atom. The lowest BCUT2D eigenvalue weighted by Gasteiger charge is -2.30. The molecule has 0 aromatic rings. The first-order valence-electron chi connectivity index (χ1n) is 6.87. The topological polar surface area (TPSA) is 87.7 Å². The summed E-state index contributed by atoms with van der Waals surface area (Å²) in [6.45, 7) is 2.56. The minimum atomic E-state index is -3.08. The molecule has 1 saturated heterocycles. The van der Waals surface area contributed by atoms with Crippen molar-refractivity contribution < 1.29 is 17.9 Å². The molecule has 0 aliphatic carbocycles. The number of amides is 1. The third kappa shape index (κ3) is 6.65. The smallest absolute Gasteiger partial charge is 0.233 e. The van der Waals surface area contributed by atoms with Crippen LogP contribution in [0.15, 0.2) is 0 Å². The molecule has 1 fully saturated rings. The first-order valence-corrected chi connectivity index (χ1v) is 8.72. The molecular formula is C12H25N3O4S. The molecule has 0 atom stereocenters. The van der Waals surface area contributed by atoms with Crippen molar-refractivity contribution in [3.8, 4) is 0 Å². The second-order valence-electron chi connectivity index (χ2n) is 5.01. The highest BCUT2D eigenvalue weighted by Crippen LogP contribution is 2.12. The van der Waals surface area contributed by atoms with Crippen molar-refractivity contribution in [1.82, 2.24) is 14.9 Å². The number of piperidine rings is 1. The molecule has 1 heterocycles. The van der Waals surface area contributed by atoms with E-state index in [9.17, 15) is 13.2 Å². The van der Waals surface area contributed by atoms with Crippen LogP contribution >= 0.6 is 0 Å². The number of carbonyl (C=O) groups excluding carboxylic acids is 1. The number of carbonyl (C=O) groups is 1. The molecule has 118 valence electrons. The number of hydrogen-bond donors (Lipinski definition) is 2. The summed E-state index contributed by atoms with van der Waals surface area (Å²) in [6, 6.07) is 0.206. The first-order chi connectivity index (χ1) is 9.43. The number of hydrogen-bond acceptors (Lipinski definition) is 5. The van der Waals surface area contributed by atoms with E-state index in [1.54, 1.807) is 7.11 Å².